The van der Waals surface area contributed by atoms with Gasteiger partial charge in [0.05, 0.1) is 0 Å². The molecule has 3 aromatic rings. The number of hydrogen-bond acceptors (Lipinski definition) is 1. The molecule has 0 aromatic heterocycles. The van der Waals surface area contributed by atoms with Gasteiger partial charge in [-0.2, -0.15) is 0 Å². The number of rotatable bonds is 2. The molecular formula is C18H17O2P. The predicted molar refractivity (Wildman–Crippen MR) is 89.2 cm³/mol. The Balaban J connectivity index is 0.000000161. The predicted octanol–water partition coefficient (Wildman–Crippen LogP) is 4.13. The average Bonchev–Trinajstić information content (AvgIpc) is 2.58. The van der Waals surface area contributed by atoms with Crippen LogP contribution in [0, 0.1) is 0 Å². The molecule has 21 heavy (non-hydrogen) atoms. The summed E-state index contributed by atoms with van der Waals surface area (Å²) in [6.07, 6.45) is 0. The zero-order chi connectivity index (χ0) is 14.9. The molecule has 0 aliphatic carbocycles. The lowest BCUT2D eigenvalue weighted by Crippen LogP contribution is -1.91. The summed E-state index contributed by atoms with van der Waals surface area (Å²) >= 11 is 0. The van der Waals surface area contributed by atoms with E-state index in [9.17, 15) is 4.57 Å². The standard InChI is InChI=1S/C12H10.C6H7O2P/c1-3-7-11(8-4-1)12-9-5-2-6-10-12;7-9(8)6-4-2-1-3-5-6/h1-10H;1-5,9H,(H,7,8). The zero-order valence-electron chi connectivity index (χ0n) is 11.5. The first-order valence-corrected chi connectivity index (χ1v) is 8.02. The van der Waals surface area contributed by atoms with E-state index in [0.717, 1.165) is 0 Å². The van der Waals surface area contributed by atoms with Crippen molar-refractivity contribution in [2.75, 3.05) is 0 Å². The van der Waals surface area contributed by atoms with Crippen LogP contribution >= 0.6 is 8.03 Å². The molecule has 3 rings (SSSR count). The fourth-order valence-electron chi connectivity index (χ4n) is 1.84. The van der Waals surface area contributed by atoms with Crippen LogP contribution in [0.1, 0.15) is 0 Å². The molecular weight excluding hydrogens is 279 g/mol. The Kier molecular flexibility index (Phi) is 5.96. The van der Waals surface area contributed by atoms with Crippen LogP contribution in [0.15, 0.2) is 91.0 Å². The summed E-state index contributed by atoms with van der Waals surface area (Å²) < 4.78 is 10.4. The molecule has 0 heterocycles. The van der Waals surface area contributed by atoms with Gasteiger partial charge in [-0.25, -0.2) is 0 Å². The second kappa shape index (κ2) is 8.21. The summed E-state index contributed by atoms with van der Waals surface area (Å²) in [5, 5.41) is 0.516. The first kappa shape index (κ1) is 15.2. The van der Waals surface area contributed by atoms with Crippen molar-refractivity contribution in [2.24, 2.45) is 0 Å². The van der Waals surface area contributed by atoms with Gasteiger partial charge in [0.15, 0.2) is 0 Å². The lowest BCUT2D eigenvalue weighted by Gasteiger charge is -1.98. The summed E-state index contributed by atoms with van der Waals surface area (Å²) in [5.74, 6) is 0. The van der Waals surface area contributed by atoms with Gasteiger partial charge in [-0.05, 0) is 23.3 Å². The van der Waals surface area contributed by atoms with Crippen molar-refractivity contribution in [2.45, 2.75) is 0 Å². The third-order valence-electron chi connectivity index (χ3n) is 2.90. The first-order chi connectivity index (χ1) is 10.3. The van der Waals surface area contributed by atoms with E-state index in [4.69, 9.17) is 4.89 Å². The molecule has 1 N–H and O–H groups in total. The summed E-state index contributed by atoms with van der Waals surface area (Å²) in [4.78, 5) is 8.57. The maximum atomic E-state index is 10.4. The Hall–Kier alpha value is -2.15. The van der Waals surface area contributed by atoms with E-state index < -0.39 is 8.03 Å². The second-order valence-corrected chi connectivity index (χ2v) is 5.59. The third kappa shape index (κ3) is 5.03. The van der Waals surface area contributed by atoms with Gasteiger partial charge >= 0.3 is 0 Å². The SMILES string of the molecule is O=[PH](O)c1ccccc1.c1ccc(-c2ccccc2)cc1. The molecule has 3 heteroatoms. The highest BCUT2D eigenvalue weighted by Crippen LogP contribution is 2.17. The van der Waals surface area contributed by atoms with E-state index in [1.807, 2.05) is 18.2 Å². The molecule has 0 fully saturated rings. The molecule has 2 nitrogen and oxygen atoms in total. The molecule has 0 aliphatic rings. The largest absolute Gasteiger partial charge is 0.343 e. The minimum atomic E-state index is -2.46. The van der Waals surface area contributed by atoms with Gasteiger partial charge in [-0.15, -0.1) is 0 Å². The Bertz CT molecular complexity index is 630. The van der Waals surface area contributed by atoms with Gasteiger partial charge in [-0.3, -0.25) is 4.57 Å². The molecule has 0 saturated carbocycles. The van der Waals surface area contributed by atoms with Crippen LogP contribution in [0.25, 0.3) is 11.1 Å². The van der Waals surface area contributed by atoms with Crippen LogP contribution in [-0.4, -0.2) is 4.89 Å². The van der Waals surface area contributed by atoms with Crippen LogP contribution in [0.5, 0.6) is 0 Å². The van der Waals surface area contributed by atoms with E-state index in [0.29, 0.717) is 5.30 Å². The average molecular weight is 296 g/mol. The minimum Gasteiger partial charge on any atom is -0.343 e. The highest BCUT2D eigenvalue weighted by Gasteiger charge is 1.93. The smallest absolute Gasteiger partial charge is 0.218 e. The molecule has 0 amide bonds. The molecule has 0 spiro atoms. The van der Waals surface area contributed by atoms with E-state index in [2.05, 4.69) is 48.5 Å². The molecule has 0 aliphatic heterocycles. The Morgan fingerprint density at radius 3 is 1.19 bits per heavy atom. The second-order valence-electron chi connectivity index (χ2n) is 4.40. The van der Waals surface area contributed by atoms with Gasteiger partial charge in [0.25, 0.3) is 0 Å². The maximum Gasteiger partial charge on any atom is 0.218 e. The van der Waals surface area contributed by atoms with Gasteiger partial charge in [-0.1, -0.05) is 78.9 Å². The fourth-order valence-corrected chi connectivity index (χ4v) is 2.32. The third-order valence-corrected chi connectivity index (χ3v) is 3.73. The lowest BCUT2D eigenvalue weighted by atomic mass is 10.1. The molecule has 106 valence electrons. The molecule has 0 radical (unpaired) electrons. The minimum absolute atomic E-state index is 0.516. The van der Waals surface area contributed by atoms with Crippen molar-refractivity contribution in [3.05, 3.63) is 91.0 Å². The van der Waals surface area contributed by atoms with Crippen LogP contribution in [0.2, 0.25) is 0 Å². The fraction of sp³-hybridized carbons (Fsp3) is 0. The van der Waals surface area contributed by atoms with E-state index in [1.54, 1.807) is 24.3 Å². The van der Waals surface area contributed by atoms with Crippen LogP contribution in [-0.2, 0) is 4.57 Å². The van der Waals surface area contributed by atoms with E-state index >= 15 is 0 Å². The Morgan fingerprint density at radius 1 is 0.571 bits per heavy atom. The summed E-state index contributed by atoms with van der Waals surface area (Å²) in [6, 6.07) is 29.4. The lowest BCUT2D eigenvalue weighted by molar-refractivity contribution is 0.513. The molecule has 3 aromatic carbocycles. The molecule has 0 saturated heterocycles. The zero-order valence-corrected chi connectivity index (χ0v) is 12.5. The highest BCUT2D eigenvalue weighted by atomic mass is 31.1. The molecule has 1 unspecified atom stereocenters. The first-order valence-electron chi connectivity index (χ1n) is 6.66. The molecule has 0 bridgehead atoms. The molecule has 1 atom stereocenters. The normalized spacial score (nSPS) is 11.1. The van der Waals surface area contributed by atoms with Gasteiger partial charge < -0.3 is 4.89 Å². The maximum absolute atomic E-state index is 10.4. The quantitative estimate of drug-likeness (QED) is 0.722. The summed E-state index contributed by atoms with van der Waals surface area (Å²) in [7, 11) is -2.46. The van der Waals surface area contributed by atoms with Crippen molar-refractivity contribution < 1.29 is 9.46 Å². The van der Waals surface area contributed by atoms with Gasteiger partial charge in [0.1, 0.15) is 0 Å². The van der Waals surface area contributed by atoms with E-state index in [1.165, 1.54) is 11.1 Å². The summed E-state index contributed by atoms with van der Waals surface area (Å²) in [5.41, 5.74) is 2.55. The highest BCUT2D eigenvalue weighted by molar-refractivity contribution is 7.47. The van der Waals surface area contributed by atoms with Crippen molar-refractivity contribution in [1.82, 2.24) is 0 Å². The van der Waals surface area contributed by atoms with Crippen LogP contribution in [0.3, 0.4) is 0 Å². The van der Waals surface area contributed by atoms with E-state index in [-0.39, 0.29) is 0 Å². The Labute approximate surface area is 125 Å². The monoisotopic (exact) mass is 296 g/mol. The van der Waals surface area contributed by atoms with Crippen molar-refractivity contribution in [1.29, 1.82) is 0 Å². The van der Waals surface area contributed by atoms with Crippen molar-refractivity contribution in [3.8, 4) is 11.1 Å². The van der Waals surface area contributed by atoms with Gasteiger partial charge in [0, 0.05) is 5.30 Å². The van der Waals surface area contributed by atoms with Crippen LogP contribution < -0.4 is 5.30 Å². The van der Waals surface area contributed by atoms with Crippen molar-refractivity contribution >= 4 is 13.3 Å². The van der Waals surface area contributed by atoms with Crippen molar-refractivity contribution in [3.63, 3.8) is 0 Å². The summed E-state index contributed by atoms with van der Waals surface area (Å²) in [6.45, 7) is 0. The number of hydrogen-bond donors (Lipinski definition) is 1. The Morgan fingerprint density at radius 2 is 0.905 bits per heavy atom. The van der Waals surface area contributed by atoms with Gasteiger partial charge in [0.2, 0.25) is 8.03 Å². The number of benzene rings is 3. The van der Waals surface area contributed by atoms with Crippen LogP contribution in [0.4, 0.5) is 0 Å². The topological polar surface area (TPSA) is 37.3 Å².